The summed E-state index contributed by atoms with van der Waals surface area (Å²) in [5, 5.41) is 15.0. The highest BCUT2D eigenvalue weighted by Crippen LogP contribution is 2.16. The highest BCUT2D eigenvalue weighted by Gasteiger charge is 2.10. The Morgan fingerprint density at radius 3 is 2.64 bits per heavy atom. The van der Waals surface area contributed by atoms with Crippen molar-refractivity contribution in [2.75, 3.05) is 5.32 Å². The van der Waals surface area contributed by atoms with Crippen LogP contribution in [0.1, 0.15) is 22.3 Å². The first kappa shape index (κ1) is 18.2. The summed E-state index contributed by atoms with van der Waals surface area (Å²) in [5.74, 6) is -0.433. The lowest BCUT2D eigenvalue weighted by atomic mass is 10.1. The first-order valence-electron chi connectivity index (χ1n) is 8.03. The van der Waals surface area contributed by atoms with E-state index in [-0.39, 0.29) is 5.57 Å². The van der Waals surface area contributed by atoms with Crippen molar-refractivity contribution in [3.63, 3.8) is 0 Å². The van der Waals surface area contributed by atoms with E-state index in [2.05, 4.69) is 10.6 Å². The minimum absolute atomic E-state index is 0.0231. The first-order valence-corrected chi connectivity index (χ1v) is 8.03. The fourth-order valence-corrected chi connectivity index (χ4v) is 2.43. The van der Waals surface area contributed by atoms with E-state index in [0.717, 1.165) is 22.3 Å². The van der Waals surface area contributed by atoms with E-state index in [1.807, 2.05) is 62.4 Å². The van der Waals surface area contributed by atoms with Crippen molar-refractivity contribution in [1.82, 2.24) is 5.32 Å². The molecule has 0 saturated heterocycles. The Bertz CT molecular complexity index is 834. The zero-order valence-corrected chi connectivity index (χ0v) is 14.5. The maximum atomic E-state index is 12.3. The Morgan fingerprint density at radius 1 is 1.20 bits per heavy atom. The summed E-state index contributed by atoms with van der Waals surface area (Å²) in [5.41, 5.74) is 10.5. The van der Waals surface area contributed by atoms with Gasteiger partial charge in [0.15, 0.2) is 0 Å². The van der Waals surface area contributed by atoms with Gasteiger partial charge in [0.05, 0.1) is 0 Å². The van der Waals surface area contributed by atoms with Gasteiger partial charge in [0.1, 0.15) is 11.6 Å². The van der Waals surface area contributed by atoms with Gasteiger partial charge in [-0.3, -0.25) is 4.79 Å². The molecule has 2 rings (SSSR count). The van der Waals surface area contributed by atoms with Gasteiger partial charge in [0.25, 0.3) is 5.91 Å². The van der Waals surface area contributed by atoms with Gasteiger partial charge in [0, 0.05) is 25.0 Å². The lowest BCUT2D eigenvalue weighted by Gasteiger charge is -2.09. The van der Waals surface area contributed by atoms with E-state index >= 15 is 0 Å². The van der Waals surface area contributed by atoms with E-state index < -0.39 is 5.91 Å². The molecule has 128 valence electrons. The van der Waals surface area contributed by atoms with Gasteiger partial charge in [0.2, 0.25) is 0 Å². The molecule has 0 aliphatic rings. The van der Waals surface area contributed by atoms with E-state index in [1.54, 1.807) is 0 Å². The van der Waals surface area contributed by atoms with E-state index in [0.29, 0.717) is 18.8 Å². The average molecular weight is 334 g/mol. The van der Waals surface area contributed by atoms with Crippen molar-refractivity contribution in [1.29, 1.82) is 5.26 Å². The molecule has 0 atom stereocenters. The second-order valence-corrected chi connectivity index (χ2v) is 5.85. The fourth-order valence-electron chi connectivity index (χ4n) is 2.43. The molecule has 2 aromatic rings. The molecule has 0 aliphatic heterocycles. The van der Waals surface area contributed by atoms with Crippen LogP contribution in [0.2, 0.25) is 0 Å². The van der Waals surface area contributed by atoms with Crippen molar-refractivity contribution in [2.24, 2.45) is 5.73 Å². The van der Waals surface area contributed by atoms with Crippen LogP contribution in [-0.4, -0.2) is 5.91 Å². The third-order valence-corrected chi connectivity index (χ3v) is 3.77. The summed E-state index contributed by atoms with van der Waals surface area (Å²) in [4.78, 5) is 12.3. The van der Waals surface area contributed by atoms with Crippen LogP contribution >= 0.6 is 0 Å². The highest BCUT2D eigenvalue weighted by atomic mass is 16.1. The molecule has 0 fully saturated rings. The summed E-state index contributed by atoms with van der Waals surface area (Å²) >= 11 is 0. The zero-order chi connectivity index (χ0) is 18.2. The van der Waals surface area contributed by atoms with Crippen LogP contribution in [0, 0.1) is 25.2 Å². The summed E-state index contributed by atoms with van der Waals surface area (Å²) in [6.07, 6.45) is 1.44. The number of hydrogen-bond acceptors (Lipinski definition) is 4. The molecule has 0 unspecified atom stereocenters. The molecule has 0 aliphatic carbocycles. The molecule has 5 heteroatoms. The maximum absolute atomic E-state index is 12.3. The second kappa shape index (κ2) is 8.67. The standard InChI is InChI=1S/C20H22N4O/c1-14-6-7-19(15(2)8-14)24-20(25)18(11-22)13-23-12-17-5-3-4-16(9-17)10-21/h3-9,13,23H,10,12,21H2,1-2H3,(H,24,25)/b18-13-. The van der Waals surface area contributed by atoms with Crippen LogP contribution < -0.4 is 16.4 Å². The third kappa shape index (κ3) is 5.20. The number of carbonyl (C=O) groups excluding carboxylic acids is 1. The van der Waals surface area contributed by atoms with Gasteiger partial charge in [-0.05, 0) is 36.6 Å². The van der Waals surface area contributed by atoms with Crippen LogP contribution in [-0.2, 0) is 17.9 Å². The van der Waals surface area contributed by atoms with Crippen molar-refractivity contribution in [3.05, 3.63) is 76.5 Å². The number of amides is 1. The maximum Gasteiger partial charge on any atom is 0.267 e. The van der Waals surface area contributed by atoms with Crippen molar-refractivity contribution in [2.45, 2.75) is 26.9 Å². The Morgan fingerprint density at radius 2 is 1.96 bits per heavy atom. The molecule has 5 nitrogen and oxygen atoms in total. The molecule has 0 saturated carbocycles. The van der Waals surface area contributed by atoms with Crippen LogP contribution in [0.4, 0.5) is 5.69 Å². The van der Waals surface area contributed by atoms with Gasteiger partial charge in [-0.2, -0.15) is 5.26 Å². The monoisotopic (exact) mass is 334 g/mol. The Kier molecular flexibility index (Phi) is 6.33. The number of aryl methyl sites for hydroxylation is 2. The largest absolute Gasteiger partial charge is 0.386 e. The SMILES string of the molecule is Cc1ccc(NC(=O)/C(C#N)=C\NCc2cccc(CN)c2)c(C)c1. The van der Waals surface area contributed by atoms with Crippen LogP contribution in [0.5, 0.6) is 0 Å². The fraction of sp³-hybridized carbons (Fsp3) is 0.200. The minimum Gasteiger partial charge on any atom is -0.386 e. The van der Waals surface area contributed by atoms with Crippen LogP contribution in [0.15, 0.2) is 54.2 Å². The van der Waals surface area contributed by atoms with Crippen LogP contribution in [0.25, 0.3) is 0 Å². The average Bonchev–Trinajstić information content (AvgIpc) is 2.61. The number of hydrogen-bond donors (Lipinski definition) is 3. The number of nitrogens with zero attached hydrogens (tertiary/aromatic N) is 1. The van der Waals surface area contributed by atoms with Gasteiger partial charge in [-0.1, -0.05) is 42.0 Å². The minimum atomic E-state index is -0.433. The van der Waals surface area contributed by atoms with Crippen molar-refractivity contribution in [3.8, 4) is 6.07 Å². The lowest BCUT2D eigenvalue weighted by molar-refractivity contribution is -0.112. The summed E-state index contributed by atoms with van der Waals surface area (Å²) in [6, 6.07) is 15.5. The summed E-state index contributed by atoms with van der Waals surface area (Å²) < 4.78 is 0. The summed E-state index contributed by atoms with van der Waals surface area (Å²) in [6.45, 7) is 4.89. The van der Waals surface area contributed by atoms with Gasteiger partial charge in [-0.25, -0.2) is 0 Å². The molecule has 0 aromatic heterocycles. The third-order valence-electron chi connectivity index (χ3n) is 3.77. The highest BCUT2D eigenvalue weighted by molar-refractivity contribution is 6.06. The number of nitrogens with two attached hydrogens (primary N) is 1. The summed E-state index contributed by atoms with van der Waals surface area (Å²) in [7, 11) is 0. The lowest BCUT2D eigenvalue weighted by Crippen LogP contribution is -2.17. The molecule has 0 spiro atoms. The molecule has 25 heavy (non-hydrogen) atoms. The molecular weight excluding hydrogens is 312 g/mol. The number of benzene rings is 2. The molecule has 2 aromatic carbocycles. The molecule has 0 bridgehead atoms. The second-order valence-electron chi connectivity index (χ2n) is 5.85. The first-order chi connectivity index (χ1) is 12.0. The van der Waals surface area contributed by atoms with E-state index in [4.69, 9.17) is 5.73 Å². The number of anilines is 1. The predicted molar refractivity (Wildman–Crippen MR) is 99.4 cm³/mol. The quantitative estimate of drug-likeness (QED) is 0.559. The van der Waals surface area contributed by atoms with Crippen LogP contribution in [0.3, 0.4) is 0 Å². The normalized spacial score (nSPS) is 10.9. The number of carbonyl (C=O) groups is 1. The Hall–Kier alpha value is -3.10. The predicted octanol–water partition coefficient (Wildman–Crippen LogP) is 2.90. The molecule has 0 radical (unpaired) electrons. The molecule has 4 N–H and O–H groups in total. The number of nitrogens with one attached hydrogen (secondary N) is 2. The topological polar surface area (TPSA) is 90.9 Å². The Labute approximate surface area is 148 Å². The smallest absolute Gasteiger partial charge is 0.267 e. The van der Waals surface area contributed by atoms with Gasteiger partial charge < -0.3 is 16.4 Å². The van der Waals surface area contributed by atoms with Gasteiger partial charge in [-0.15, -0.1) is 0 Å². The molecular formula is C20H22N4O. The van der Waals surface area contributed by atoms with E-state index in [9.17, 15) is 10.1 Å². The molecule has 0 heterocycles. The van der Waals surface area contributed by atoms with Crippen molar-refractivity contribution < 1.29 is 4.79 Å². The van der Waals surface area contributed by atoms with Gasteiger partial charge >= 0.3 is 0 Å². The van der Waals surface area contributed by atoms with E-state index in [1.165, 1.54) is 6.20 Å². The number of nitriles is 1. The van der Waals surface area contributed by atoms with Crippen molar-refractivity contribution >= 4 is 11.6 Å². The molecule has 1 amide bonds. The Balaban J connectivity index is 2.01. The zero-order valence-electron chi connectivity index (χ0n) is 14.5. The number of rotatable bonds is 6.